The van der Waals surface area contributed by atoms with Gasteiger partial charge in [-0.25, -0.2) is 0 Å². The van der Waals surface area contributed by atoms with E-state index in [0.29, 0.717) is 22.8 Å². The molecule has 3 unspecified atom stereocenters. The van der Waals surface area contributed by atoms with Gasteiger partial charge in [-0.05, 0) is 61.3 Å². The molecule has 2 saturated carbocycles. The zero-order valence-electron chi connectivity index (χ0n) is 13.9. The van der Waals surface area contributed by atoms with Crippen LogP contribution in [-0.4, -0.2) is 32.8 Å². The summed E-state index contributed by atoms with van der Waals surface area (Å²) in [7, 11) is 1.80. The number of nitrogens with two attached hydrogens (primary N) is 1. The third kappa shape index (κ3) is 3.55. The van der Waals surface area contributed by atoms with Crippen molar-refractivity contribution in [2.24, 2.45) is 28.4 Å². The first kappa shape index (κ1) is 16.3. The fourth-order valence-corrected chi connectivity index (χ4v) is 3.83. The third-order valence-corrected chi connectivity index (χ3v) is 6.40. The van der Waals surface area contributed by atoms with Gasteiger partial charge in [0.15, 0.2) is 0 Å². The van der Waals surface area contributed by atoms with Crippen molar-refractivity contribution in [1.82, 2.24) is 5.32 Å². The number of hydrogen-bond acceptors (Lipinski definition) is 3. The molecule has 0 aromatic heterocycles. The molecule has 0 radical (unpaired) electrons. The summed E-state index contributed by atoms with van der Waals surface area (Å²) in [6.45, 7) is 10.4. The number of hydrogen-bond donors (Lipinski definition) is 2. The van der Waals surface area contributed by atoms with Crippen molar-refractivity contribution in [3.8, 4) is 0 Å². The van der Waals surface area contributed by atoms with Gasteiger partial charge in [-0.1, -0.05) is 20.8 Å². The molecular formula is C17H34N2O. The molecule has 0 aromatic carbocycles. The Morgan fingerprint density at radius 1 is 1.25 bits per heavy atom. The van der Waals surface area contributed by atoms with Crippen LogP contribution in [0.5, 0.6) is 0 Å². The Hall–Kier alpha value is -0.120. The molecule has 3 atom stereocenters. The van der Waals surface area contributed by atoms with Gasteiger partial charge in [0.25, 0.3) is 0 Å². The molecule has 2 rings (SSSR count). The first-order chi connectivity index (χ1) is 9.41. The Labute approximate surface area is 125 Å². The van der Waals surface area contributed by atoms with Gasteiger partial charge in [-0.2, -0.15) is 0 Å². The van der Waals surface area contributed by atoms with Crippen LogP contribution in [0.3, 0.4) is 0 Å². The maximum absolute atomic E-state index is 6.24. The second kappa shape index (κ2) is 6.33. The molecule has 0 spiro atoms. The Morgan fingerprint density at radius 2 is 1.95 bits per heavy atom. The van der Waals surface area contributed by atoms with Crippen molar-refractivity contribution in [2.45, 2.75) is 58.9 Å². The summed E-state index contributed by atoms with van der Waals surface area (Å²) in [5.74, 6) is 1.38. The summed E-state index contributed by atoms with van der Waals surface area (Å²) in [5, 5.41) is 3.76. The minimum Gasteiger partial charge on any atom is -0.385 e. The quantitative estimate of drug-likeness (QED) is 0.755. The number of rotatable bonds is 7. The average Bonchev–Trinajstić information content (AvgIpc) is 3.17. The minimum absolute atomic E-state index is 0.355. The fourth-order valence-electron chi connectivity index (χ4n) is 3.83. The second-order valence-electron chi connectivity index (χ2n) is 7.92. The summed E-state index contributed by atoms with van der Waals surface area (Å²) >= 11 is 0. The zero-order chi connectivity index (χ0) is 14.8. The van der Waals surface area contributed by atoms with Gasteiger partial charge in [0.2, 0.25) is 0 Å². The van der Waals surface area contributed by atoms with Crippen LogP contribution in [0.4, 0.5) is 0 Å². The lowest BCUT2D eigenvalue weighted by Crippen LogP contribution is -2.49. The number of ether oxygens (including phenoxy) is 1. The Bertz CT molecular complexity index is 312. The van der Waals surface area contributed by atoms with Crippen LogP contribution in [-0.2, 0) is 4.74 Å². The zero-order valence-corrected chi connectivity index (χ0v) is 13.9. The maximum Gasteiger partial charge on any atom is 0.0468 e. The molecule has 0 heterocycles. The molecule has 0 saturated heterocycles. The third-order valence-electron chi connectivity index (χ3n) is 6.40. The monoisotopic (exact) mass is 282 g/mol. The topological polar surface area (TPSA) is 47.3 Å². The van der Waals surface area contributed by atoms with E-state index in [2.05, 4.69) is 26.1 Å². The molecule has 0 bridgehead atoms. The van der Waals surface area contributed by atoms with Gasteiger partial charge in [0, 0.05) is 26.3 Å². The summed E-state index contributed by atoms with van der Waals surface area (Å²) in [6.07, 6.45) is 6.42. The minimum atomic E-state index is 0.355. The van der Waals surface area contributed by atoms with Gasteiger partial charge in [0.05, 0.1) is 0 Å². The first-order valence-corrected chi connectivity index (χ1v) is 8.36. The van der Waals surface area contributed by atoms with Gasteiger partial charge in [-0.15, -0.1) is 0 Å². The smallest absolute Gasteiger partial charge is 0.0468 e. The van der Waals surface area contributed by atoms with E-state index >= 15 is 0 Å². The van der Waals surface area contributed by atoms with E-state index in [1.807, 2.05) is 0 Å². The second-order valence-corrected chi connectivity index (χ2v) is 7.92. The SMILES string of the molecule is COCCC1(CNCC2CCC(N)C(C)C2(C)C)CC1. The van der Waals surface area contributed by atoms with E-state index in [1.54, 1.807) is 7.11 Å². The normalized spacial score (nSPS) is 35.0. The van der Waals surface area contributed by atoms with Crippen molar-refractivity contribution in [2.75, 3.05) is 26.8 Å². The molecule has 2 fully saturated rings. The molecule has 118 valence electrons. The predicted molar refractivity (Wildman–Crippen MR) is 84.7 cm³/mol. The fraction of sp³-hybridized carbons (Fsp3) is 1.00. The average molecular weight is 282 g/mol. The predicted octanol–water partition coefficient (Wildman–Crippen LogP) is 2.79. The highest BCUT2D eigenvalue weighted by atomic mass is 16.5. The van der Waals surface area contributed by atoms with Crippen molar-refractivity contribution in [3.63, 3.8) is 0 Å². The van der Waals surface area contributed by atoms with Crippen LogP contribution in [0.25, 0.3) is 0 Å². The molecule has 3 heteroatoms. The largest absolute Gasteiger partial charge is 0.385 e. The van der Waals surface area contributed by atoms with Gasteiger partial charge in [0.1, 0.15) is 0 Å². The van der Waals surface area contributed by atoms with E-state index in [4.69, 9.17) is 10.5 Å². The lowest BCUT2D eigenvalue weighted by molar-refractivity contribution is 0.0529. The summed E-state index contributed by atoms with van der Waals surface area (Å²) < 4.78 is 5.23. The Balaban J connectivity index is 1.76. The van der Waals surface area contributed by atoms with Gasteiger partial charge in [-0.3, -0.25) is 0 Å². The Morgan fingerprint density at radius 3 is 2.55 bits per heavy atom. The molecule has 3 N–H and O–H groups in total. The van der Waals surface area contributed by atoms with E-state index in [0.717, 1.165) is 19.1 Å². The van der Waals surface area contributed by atoms with Crippen molar-refractivity contribution >= 4 is 0 Å². The molecule has 0 aromatic rings. The lowest BCUT2D eigenvalue weighted by atomic mass is 9.61. The van der Waals surface area contributed by atoms with E-state index in [9.17, 15) is 0 Å². The van der Waals surface area contributed by atoms with Gasteiger partial charge < -0.3 is 15.8 Å². The molecule has 20 heavy (non-hydrogen) atoms. The van der Waals surface area contributed by atoms with Crippen molar-refractivity contribution in [3.05, 3.63) is 0 Å². The lowest BCUT2D eigenvalue weighted by Gasteiger charge is -2.47. The van der Waals surface area contributed by atoms with Crippen LogP contribution < -0.4 is 11.1 Å². The highest BCUT2D eigenvalue weighted by Crippen LogP contribution is 2.48. The summed E-state index contributed by atoms with van der Waals surface area (Å²) in [6, 6.07) is 0.387. The molecular weight excluding hydrogens is 248 g/mol. The first-order valence-electron chi connectivity index (χ1n) is 8.36. The van der Waals surface area contributed by atoms with Crippen molar-refractivity contribution < 1.29 is 4.74 Å². The van der Waals surface area contributed by atoms with Crippen LogP contribution >= 0.6 is 0 Å². The van der Waals surface area contributed by atoms with E-state index in [1.165, 1.54) is 38.6 Å². The summed E-state index contributed by atoms with van der Waals surface area (Å²) in [4.78, 5) is 0. The molecule has 0 amide bonds. The van der Waals surface area contributed by atoms with Crippen molar-refractivity contribution in [1.29, 1.82) is 0 Å². The highest BCUT2D eigenvalue weighted by Gasteiger charge is 2.43. The van der Waals surface area contributed by atoms with Gasteiger partial charge >= 0.3 is 0 Å². The molecule has 2 aliphatic carbocycles. The standard InChI is InChI=1S/C17H34N2O/c1-13-15(18)6-5-14(16(13,2)3)11-19-12-17(7-8-17)9-10-20-4/h13-15,19H,5-12,18H2,1-4H3. The van der Waals surface area contributed by atoms with Crippen LogP contribution in [0.1, 0.15) is 52.9 Å². The number of methoxy groups -OCH3 is 1. The molecule has 2 aliphatic rings. The van der Waals surface area contributed by atoms with Crippen LogP contribution in [0.2, 0.25) is 0 Å². The van der Waals surface area contributed by atoms with E-state index < -0.39 is 0 Å². The molecule has 0 aliphatic heterocycles. The highest BCUT2D eigenvalue weighted by molar-refractivity contribution is 4.97. The Kier molecular flexibility index (Phi) is 5.14. The van der Waals surface area contributed by atoms with Crippen LogP contribution in [0, 0.1) is 22.7 Å². The van der Waals surface area contributed by atoms with E-state index in [-0.39, 0.29) is 0 Å². The number of nitrogens with one attached hydrogen (secondary N) is 1. The summed E-state index contributed by atoms with van der Waals surface area (Å²) in [5.41, 5.74) is 7.15. The molecule has 3 nitrogen and oxygen atoms in total. The maximum atomic E-state index is 6.24. The van der Waals surface area contributed by atoms with Crippen LogP contribution in [0.15, 0.2) is 0 Å².